The van der Waals surface area contributed by atoms with Gasteiger partial charge in [0.1, 0.15) is 0 Å². The highest BCUT2D eigenvalue weighted by Crippen LogP contribution is 2.20. The zero-order valence-corrected chi connectivity index (χ0v) is 9.83. The van der Waals surface area contributed by atoms with Gasteiger partial charge in [0.15, 0.2) is 0 Å². The average Bonchev–Trinajstić information content (AvgIpc) is 2.20. The molecule has 70 valence electrons. The molecule has 1 aromatic carbocycles. The highest BCUT2D eigenvalue weighted by atomic mass is 127. The van der Waals surface area contributed by atoms with Crippen LogP contribution in [0, 0.1) is 3.57 Å². The summed E-state index contributed by atoms with van der Waals surface area (Å²) in [6.45, 7) is 2.47. The van der Waals surface area contributed by atoms with Crippen LogP contribution in [-0.2, 0) is 0 Å². The summed E-state index contributed by atoms with van der Waals surface area (Å²) >= 11 is 2.35. The third kappa shape index (κ3) is 2.36. The minimum atomic E-state index is 1.24. The van der Waals surface area contributed by atoms with Crippen molar-refractivity contribution in [1.29, 1.82) is 0 Å². The summed E-state index contributed by atoms with van der Waals surface area (Å²) in [7, 11) is 0. The average molecular weight is 287 g/mol. The first kappa shape index (κ1) is 9.31. The molecule has 0 unspecified atom stereocenters. The molecule has 1 fully saturated rings. The van der Waals surface area contributed by atoms with Gasteiger partial charge in [0, 0.05) is 22.3 Å². The van der Waals surface area contributed by atoms with Crippen LogP contribution in [0.3, 0.4) is 0 Å². The van der Waals surface area contributed by atoms with Crippen LogP contribution in [-0.4, -0.2) is 13.1 Å². The highest BCUT2D eigenvalue weighted by Gasteiger charge is 2.09. The molecule has 2 rings (SSSR count). The molecule has 0 aliphatic carbocycles. The second kappa shape index (κ2) is 4.31. The van der Waals surface area contributed by atoms with E-state index < -0.39 is 0 Å². The molecule has 1 aliphatic rings. The molecule has 1 aliphatic heterocycles. The van der Waals surface area contributed by atoms with E-state index in [1.165, 1.54) is 41.6 Å². The Bertz CT molecular complexity index is 262. The van der Waals surface area contributed by atoms with E-state index in [1.54, 1.807) is 0 Å². The van der Waals surface area contributed by atoms with Gasteiger partial charge in [-0.1, -0.05) is 0 Å². The zero-order chi connectivity index (χ0) is 9.10. The lowest BCUT2D eigenvalue weighted by Gasteiger charge is -2.28. The zero-order valence-electron chi connectivity index (χ0n) is 7.67. The van der Waals surface area contributed by atoms with Gasteiger partial charge in [0.2, 0.25) is 0 Å². The molecule has 0 radical (unpaired) electrons. The Kier molecular flexibility index (Phi) is 3.09. The van der Waals surface area contributed by atoms with Gasteiger partial charge in [-0.2, -0.15) is 0 Å². The topological polar surface area (TPSA) is 3.24 Å². The summed E-state index contributed by atoms with van der Waals surface area (Å²) in [5, 5.41) is 0. The standard InChI is InChI=1S/C11H14IN/c12-10-4-6-11(7-5-10)13-8-2-1-3-9-13/h4-7H,1-3,8-9H2. The lowest BCUT2D eigenvalue weighted by atomic mass is 10.1. The summed E-state index contributed by atoms with van der Waals surface area (Å²) in [6, 6.07) is 8.83. The number of piperidine rings is 1. The third-order valence-electron chi connectivity index (χ3n) is 2.55. The van der Waals surface area contributed by atoms with Crippen molar-refractivity contribution in [2.24, 2.45) is 0 Å². The van der Waals surface area contributed by atoms with Crippen LogP contribution in [0.15, 0.2) is 24.3 Å². The van der Waals surface area contributed by atoms with E-state index in [1.807, 2.05) is 0 Å². The lowest BCUT2D eigenvalue weighted by molar-refractivity contribution is 0.578. The van der Waals surface area contributed by atoms with Crippen molar-refractivity contribution in [3.63, 3.8) is 0 Å². The van der Waals surface area contributed by atoms with Crippen LogP contribution in [0.4, 0.5) is 5.69 Å². The first-order chi connectivity index (χ1) is 6.36. The van der Waals surface area contributed by atoms with Gasteiger partial charge in [-0.25, -0.2) is 0 Å². The quantitative estimate of drug-likeness (QED) is 0.716. The summed E-state index contributed by atoms with van der Waals surface area (Å²) < 4.78 is 1.32. The summed E-state index contributed by atoms with van der Waals surface area (Å²) in [4.78, 5) is 2.49. The SMILES string of the molecule is Ic1ccc(N2CCCCC2)cc1. The van der Waals surface area contributed by atoms with Crippen LogP contribution in [0.25, 0.3) is 0 Å². The molecular formula is C11H14IN. The Morgan fingerprint density at radius 2 is 1.54 bits per heavy atom. The van der Waals surface area contributed by atoms with E-state index in [-0.39, 0.29) is 0 Å². The van der Waals surface area contributed by atoms with Crippen molar-refractivity contribution in [3.05, 3.63) is 27.8 Å². The Balaban J connectivity index is 2.10. The number of nitrogens with zero attached hydrogens (tertiary/aromatic N) is 1. The van der Waals surface area contributed by atoms with E-state index in [0.717, 1.165) is 0 Å². The molecular weight excluding hydrogens is 273 g/mol. The second-order valence-corrected chi connectivity index (χ2v) is 4.77. The van der Waals surface area contributed by atoms with Gasteiger partial charge in [-0.05, 0) is 66.1 Å². The van der Waals surface area contributed by atoms with E-state index >= 15 is 0 Å². The molecule has 13 heavy (non-hydrogen) atoms. The van der Waals surface area contributed by atoms with Gasteiger partial charge in [-0.15, -0.1) is 0 Å². The number of anilines is 1. The smallest absolute Gasteiger partial charge is 0.0366 e. The van der Waals surface area contributed by atoms with Crippen molar-refractivity contribution < 1.29 is 0 Å². The number of hydrogen-bond acceptors (Lipinski definition) is 1. The number of halogens is 1. The Morgan fingerprint density at radius 3 is 2.15 bits per heavy atom. The van der Waals surface area contributed by atoms with E-state index in [2.05, 4.69) is 51.8 Å². The normalized spacial score (nSPS) is 17.5. The van der Waals surface area contributed by atoms with Crippen LogP contribution in [0.2, 0.25) is 0 Å². The maximum absolute atomic E-state index is 2.49. The molecule has 0 bridgehead atoms. The molecule has 0 spiro atoms. The van der Waals surface area contributed by atoms with Crippen molar-refractivity contribution in [3.8, 4) is 0 Å². The molecule has 1 nitrogen and oxygen atoms in total. The fraction of sp³-hybridized carbons (Fsp3) is 0.455. The fourth-order valence-electron chi connectivity index (χ4n) is 1.80. The molecule has 0 amide bonds. The highest BCUT2D eigenvalue weighted by molar-refractivity contribution is 14.1. The van der Waals surface area contributed by atoms with Crippen LogP contribution in [0.1, 0.15) is 19.3 Å². The molecule has 1 aromatic rings. The molecule has 0 atom stereocenters. The van der Waals surface area contributed by atoms with Gasteiger partial charge in [0.05, 0.1) is 0 Å². The third-order valence-corrected chi connectivity index (χ3v) is 3.27. The molecule has 2 heteroatoms. The van der Waals surface area contributed by atoms with E-state index in [0.29, 0.717) is 0 Å². The van der Waals surface area contributed by atoms with Crippen LogP contribution < -0.4 is 4.90 Å². The van der Waals surface area contributed by atoms with Gasteiger partial charge in [0.25, 0.3) is 0 Å². The predicted octanol–water partition coefficient (Wildman–Crippen LogP) is 3.28. The Morgan fingerprint density at radius 1 is 0.923 bits per heavy atom. The van der Waals surface area contributed by atoms with Gasteiger partial charge < -0.3 is 4.90 Å². The fourth-order valence-corrected chi connectivity index (χ4v) is 2.16. The Labute approximate surface area is 93.3 Å². The molecule has 1 heterocycles. The maximum Gasteiger partial charge on any atom is 0.0366 e. The first-order valence-corrected chi connectivity index (χ1v) is 5.95. The number of benzene rings is 1. The first-order valence-electron chi connectivity index (χ1n) is 4.87. The van der Waals surface area contributed by atoms with Gasteiger partial charge >= 0.3 is 0 Å². The minimum absolute atomic E-state index is 1.24. The summed E-state index contributed by atoms with van der Waals surface area (Å²) in [5.41, 5.74) is 1.39. The van der Waals surface area contributed by atoms with E-state index in [9.17, 15) is 0 Å². The van der Waals surface area contributed by atoms with Crippen molar-refractivity contribution in [2.75, 3.05) is 18.0 Å². The maximum atomic E-state index is 2.49. The number of hydrogen-bond donors (Lipinski definition) is 0. The van der Waals surface area contributed by atoms with E-state index in [4.69, 9.17) is 0 Å². The van der Waals surface area contributed by atoms with Crippen molar-refractivity contribution in [2.45, 2.75) is 19.3 Å². The molecule has 0 saturated carbocycles. The van der Waals surface area contributed by atoms with Crippen molar-refractivity contribution >= 4 is 28.3 Å². The summed E-state index contributed by atoms with van der Waals surface area (Å²) in [5.74, 6) is 0. The van der Waals surface area contributed by atoms with Gasteiger partial charge in [-0.3, -0.25) is 0 Å². The molecule has 1 saturated heterocycles. The largest absolute Gasteiger partial charge is 0.372 e. The Hall–Kier alpha value is -0.250. The molecule has 0 N–H and O–H groups in total. The number of rotatable bonds is 1. The monoisotopic (exact) mass is 287 g/mol. The minimum Gasteiger partial charge on any atom is -0.372 e. The lowest BCUT2D eigenvalue weighted by Crippen LogP contribution is -2.29. The van der Waals surface area contributed by atoms with Crippen LogP contribution in [0.5, 0.6) is 0 Å². The second-order valence-electron chi connectivity index (χ2n) is 3.52. The summed E-state index contributed by atoms with van der Waals surface area (Å²) in [6.07, 6.45) is 4.11. The predicted molar refractivity (Wildman–Crippen MR) is 65.2 cm³/mol. The molecule has 0 aromatic heterocycles. The van der Waals surface area contributed by atoms with Crippen molar-refractivity contribution in [1.82, 2.24) is 0 Å². The van der Waals surface area contributed by atoms with Crippen LogP contribution >= 0.6 is 22.6 Å².